The molecule has 0 aliphatic carbocycles. The van der Waals surface area contributed by atoms with Crippen LogP contribution in [0.2, 0.25) is 5.02 Å². The predicted octanol–water partition coefficient (Wildman–Crippen LogP) is 3.64. The van der Waals surface area contributed by atoms with Gasteiger partial charge in [0.05, 0.1) is 23.7 Å². The van der Waals surface area contributed by atoms with E-state index in [4.69, 9.17) is 21.9 Å². The molecule has 1 amide bonds. The zero-order chi connectivity index (χ0) is 21.1. The first-order chi connectivity index (χ1) is 13.0. The Morgan fingerprint density at radius 1 is 1.46 bits per heavy atom. The minimum absolute atomic E-state index is 0.0446. The number of ether oxygens (including phenoxy) is 1. The fraction of sp³-hybridized carbons (Fsp3) is 0.556. The van der Waals surface area contributed by atoms with E-state index in [0.29, 0.717) is 0 Å². The number of halogens is 2. The van der Waals surface area contributed by atoms with Crippen molar-refractivity contribution in [2.45, 2.75) is 57.4 Å². The molecule has 1 aromatic carbocycles. The number of carbonyl (C=O) groups excluding carboxylic acids is 2. The molecule has 10 heteroatoms. The Balaban J connectivity index is 2.22. The number of likely N-dealkylation sites (tertiary alicyclic amines) is 1. The molecule has 0 spiro atoms. The molecule has 3 atom stereocenters. The molecule has 1 saturated heterocycles. The van der Waals surface area contributed by atoms with Gasteiger partial charge in [-0.05, 0) is 44.4 Å². The Morgan fingerprint density at radius 3 is 2.75 bits per heavy atom. The van der Waals surface area contributed by atoms with Gasteiger partial charge in [-0.15, -0.1) is 0 Å². The lowest BCUT2D eigenvalue weighted by molar-refractivity contribution is -0.123. The number of aliphatic hydroxyl groups excluding tert-OH is 1. The third-order valence-corrected chi connectivity index (χ3v) is 4.54. The third kappa shape index (κ3) is 5.13. The maximum atomic E-state index is 14.0. The Kier molecular flexibility index (Phi) is 6.87. The number of carbonyl (C=O) groups is 2. The van der Waals surface area contributed by atoms with Gasteiger partial charge in [0.2, 0.25) is 0 Å². The van der Waals surface area contributed by atoms with Crippen LogP contribution in [0, 0.1) is 5.82 Å². The zero-order valence-corrected chi connectivity index (χ0v) is 16.6. The Bertz CT molecular complexity index is 807. The molecule has 1 aromatic rings. The van der Waals surface area contributed by atoms with Gasteiger partial charge in [0.1, 0.15) is 17.5 Å². The minimum atomic E-state index is -1.21. The van der Waals surface area contributed by atoms with Crippen LogP contribution in [-0.2, 0) is 16.0 Å². The molecule has 152 valence electrons. The molecule has 2 rings (SSSR count). The van der Waals surface area contributed by atoms with Crippen LogP contribution in [0.15, 0.2) is 23.3 Å². The second kappa shape index (κ2) is 8.77. The quantitative estimate of drug-likeness (QED) is 0.451. The fourth-order valence-electron chi connectivity index (χ4n) is 3.04. The summed E-state index contributed by atoms with van der Waals surface area (Å²) in [4.78, 5) is 29.0. The molecule has 1 fully saturated rings. The van der Waals surface area contributed by atoms with E-state index in [1.54, 1.807) is 26.8 Å². The average molecular weight is 413 g/mol. The van der Waals surface area contributed by atoms with Crippen molar-refractivity contribution in [1.29, 1.82) is 0 Å². The number of aliphatic hydroxyl groups is 1. The molecule has 28 heavy (non-hydrogen) atoms. The van der Waals surface area contributed by atoms with Crippen molar-refractivity contribution in [3.8, 4) is 0 Å². The molecule has 0 radical (unpaired) electrons. The lowest BCUT2D eigenvalue weighted by Crippen LogP contribution is -2.46. The van der Waals surface area contributed by atoms with Crippen molar-refractivity contribution in [2.75, 3.05) is 6.54 Å². The van der Waals surface area contributed by atoms with Gasteiger partial charge in [-0.25, -0.2) is 9.18 Å². The third-order valence-electron chi connectivity index (χ3n) is 4.25. The lowest BCUT2D eigenvalue weighted by Gasteiger charge is -2.28. The standard InChI is InChI=1S/C18H22ClFN4O4/c1-18(2,3)28-17(27)24-9-13(26)15(22-23-21)16(24)12(25)8-7-10-5-4-6-11(19)14(10)20/h4-6,13,15-16,26H,7-9H2,1-3H3/t13-,15+,16+/m0/s1. The van der Waals surface area contributed by atoms with Crippen molar-refractivity contribution in [2.24, 2.45) is 5.11 Å². The predicted molar refractivity (Wildman–Crippen MR) is 100 cm³/mol. The molecular weight excluding hydrogens is 391 g/mol. The largest absolute Gasteiger partial charge is 0.444 e. The monoisotopic (exact) mass is 412 g/mol. The van der Waals surface area contributed by atoms with Crippen LogP contribution < -0.4 is 0 Å². The number of β-amino-alcohol motifs (C(OH)–C–C–N with tert-alkyl or cyclic N) is 1. The number of ketones is 1. The first-order valence-corrected chi connectivity index (χ1v) is 9.10. The molecule has 0 unspecified atom stereocenters. The van der Waals surface area contributed by atoms with Crippen LogP contribution in [0.5, 0.6) is 0 Å². The highest BCUT2D eigenvalue weighted by molar-refractivity contribution is 6.30. The summed E-state index contributed by atoms with van der Waals surface area (Å²) in [5, 5.41) is 13.6. The summed E-state index contributed by atoms with van der Waals surface area (Å²) >= 11 is 5.75. The molecule has 0 aromatic heterocycles. The maximum Gasteiger partial charge on any atom is 0.411 e. The number of amides is 1. The molecular formula is C18H22ClFN4O4. The first-order valence-electron chi connectivity index (χ1n) is 8.72. The molecule has 1 aliphatic rings. The molecule has 8 nitrogen and oxygen atoms in total. The molecule has 0 bridgehead atoms. The van der Waals surface area contributed by atoms with E-state index in [1.807, 2.05) is 0 Å². The van der Waals surface area contributed by atoms with E-state index >= 15 is 0 Å². The lowest BCUT2D eigenvalue weighted by atomic mass is 9.98. The summed E-state index contributed by atoms with van der Waals surface area (Å²) < 4.78 is 19.3. The smallest absolute Gasteiger partial charge is 0.411 e. The number of Topliss-reactive ketones (excluding diaryl/α,β-unsaturated/α-hetero) is 1. The Labute approximate surface area is 166 Å². The summed E-state index contributed by atoms with van der Waals surface area (Å²) in [5.74, 6) is -1.08. The van der Waals surface area contributed by atoms with E-state index in [2.05, 4.69) is 10.0 Å². The van der Waals surface area contributed by atoms with Crippen LogP contribution in [0.4, 0.5) is 9.18 Å². The van der Waals surface area contributed by atoms with E-state index in [9.17, 15) is 19.1 Å². The van der Waals surface area contributed by atoms with Gasteiger partial charge in [-0.2, -0.15) is 0 Å². The van der Waals surface area contributed by atoms with Crippen LogP contribution in [-0.4, -0.2) is 52.2 Å². The first kappa shape index (κ1) is 21.9. The molecule has 1 N–H and O–H groups in total. The number of aryl methyl sites for hydroxylation is 1. The second-order valence-electron chi connectivity index (χ2n) is 7.52. The Morgan fingerprint density at radius 2 is 2.14 bits per heavy atom. The molecule has 1 aliphatic heterocycles. The number of benzene rings is 1. The number of nitrogens with zero attached hydrogens (tertiary/aromatic N) is 4. The van der Waals surface area contributed by atoms with Crippen molar-refractivity contribution >= 4 is 23.5 Å². The highest BCUT2D eigenvalue weighted by atomic mass is 35.5. The zero-order valence-electron chi connectivity index (χ0n) is 15.8. The summed E-state index contributed by atoms with van der Waals surface area (Å²) in [7, 11) is 0. The number of azide groups is 1. The summed E-state index contributed by atoms with van der Waals surface area (Å²) in [6.07, 6.45) is -2.09. The molecule has 1 heterocycles. The normalized spacial score (nSPS) is 21.9. The van der Waals surface area contributed by atoms with Crippen LogP contribution in [0.3, 0.4) is 0 Å². The van der Waals surface area contributed by atoms with E-state index < -0.39 is 41.5 Å². The van der Waals surface area contributed by atoms with Gasteiger partial charge in [-0.3, -0.25) is 9.69 Å². The number of hydrogen-bond acceptors (Lipinski definition) is 5. The van der Waals surface area contributed by atoms with Crippen LogP contribution >= 0.6 is 11.6 Å². The fourth-order valence-corrected chi connectivity index (χ4v) is 3.23. The van der Waals surface area contributed by atoms with Gasteiger partial charge < -0.3 is 9.84 Å². The summed E-state index contributed by atoms with van der Waals surface area (Å²) in [5.41, 5.74) is 8.21. The van der Waals surface area contributed by atoms with Gasteiger partial charge in [0.25, 0.3) is 0 Å². The topological polar surface area (TPSA) is 116 Å². The summed E-state index contributed by atoms with van der Waals surface area (Å²) in [6, 6.07) is 2.14. The Hall–Kier alpha value is -2.35. The van der Waals surface area contributed by atoms with Gasteiger partial charge in [0.15, 0.2) is 5.78 Å². The van der Waals surface area contributed by atoms with Crippen molar-refractivity contribution in [3.63, 3.8) is 0 Å². The highest BCUT2D eigenvalue weighted by Gasteiger charge is 2.47. The van der Waals surface area contributed by atoms with Gasteiger partial charge in [-0.1, -0.05) is 28.8 Å². The van der Waals surface area contributed by atoms with E-state index in [1.165, 1.54) is 12.1 Å². The SMILES string of the molecule is CC(C)(C)OC(=O)N1C[C@H](O)[C@@H](N=[N+]=[N-])[C@H]1C(=O)CCc1cccc(Cl)c1F. The van der Waals surface area contributed by atoms with Gasteiger partial charge >= 0.3 is 6.09 Å². The number of rotatable bonds is 5. The van der Waals surface area contributed by atoms with E-state index in [0.717, 1.165) is 4.90 Å². The minimum Gasteiger partial charge on any atom is -0.444 e. The van der Waals surface area contributed by atoms with Gasteiger partial charge in [0, 0.05) is 11.3 Å². The average Bonchev–Trinajstić information content (AvgIpc) is 2.92. The molecule has 0 saturated carbocycles. The van der Waals surface area contributed by atoms with Crippen molar-refractivity contribution in [1.82, 2.24) is 4.90 Å². The highest BCUT2D eigenvalue weighted by Crippen LogP contribution is 2.27. The maximum absolute atomic E-state index is 14.0. The van der Waals surface area contributed by atoms with Crippen LogP contribution in [0.1, 0.15) is 32.8 Å². The van der Waals surface area contributed by atoms with Crippen molar-refractivity contribution < 1.29 is 23.8 Å². The van der Waals surface area contributed by atoms with E-state index in [-0.39, 0.29) is 30.0 Å². The van der Waals surface area contributed by atoms with Crippen molar-refractivity contribution in [3.05, 3.63) is 45.0 Å². The second-order valence-corrected chi connectivity index (χ2v) is 7.93. The van der Waals surface area contributed by atoms with Crippen LogP contribution in [0.25, 0.3) is 10.4 Å². The summed E-state index contributed by atoms with van der Waals surface area (Å²) in [6.45, 7) is 4.80. The number of hydrogen-bond donors (Lipinski definition) is 1.